The molecule has 1 atom stereocenters. The van der Waals surface area contributed by atoms with Crippen LogP contribution in [0.1, 0.15) is 34.6 Å². The van der Waals surface area contributed by atoms with E-state index in [1.807, 2.05) is 32.0 Å². The van der Waals surface area contributed by atoms with Gasteiger partial charge in [0.1, 0.15) is 11.4 Å². The van der Waals surface area contributed by atoms with Gasteiger partial charge in [0.05, 0.1) is 18.7 Å². The predicted octanol–water partition coefficient (Wildman–Crippen LogP) is 2.95. The molecule has 5 heteroatoms. The van der Waals surface area contributed by atoms with Crippen molar-refractivity contribution in [3.8, 4) is 5.75 Å². The second kappa shape index (κ2) is 5.84. The van der Waals surface area contributed by atoms with Crippen LogP contribution in [0.4, 0.5) is 0 Å². The molecule has 0 spiro atoms. The Morgan fingerprint density at radius 3 is 2.89 bits per heavy atom. The number of nitrogens with zero attached hydrogens (tertiary/aromatic N) is 1. The third-order valence-electron chi connectivity index (χ3n) is 2.86. The fourth-order valence-electron chi connectivity index (χ4n) is 1.87. The Morgan fingerprint density at radius 1 is 1.47 bits per heavy atom. The van der Waals surface area contributed by atoms with Crippen LogP contribution < -0.4 is 10.1 Å². The van der Waals surface area contributed by atoms with Crippen molar-refractivity contribution in [1.29, 1.82) is 0 Å². The Bertz CT molecular complexity index is 567. The van der Waals surface area contributed by atoms with Crippen LogP contribution in [-0.4, -0.2) is 18.0 Å². The van der Waals surface area contributed by atoms with E-state index in [0.29, 0.717) is 5.69 Å². The summed E-state index contributed by atoms with van der Waals surface area (Å²) in [5.74, 6) is 0.606. The highest BCUT2D eigenvalue weighted by atomic mass is 32.1. The summed E-state index contributed by atoms with van der Waals surface area (Å²) >= 11 is 1.40. The number of hydrogen-bond acceptors (Lipinski definition) is 4. The number of carbonyl (C=O) groups excluding carboxylic acids is 1. The standard InChI is InChI=1S/C14H16N2O2S/c1-9-4-5-13(18-3)11(6-9)10(2)16-14(17)12-7-19-8-15-12/h4-8,10H,1-3H3,(H,16,17). The first-order chi connectivity index (χ1) is 9.11. The number of carbonyl (C=O) groups is 1. The molecule has 0 aliphatic rings. The Morgan fingerprint density at radius 2 is 2.26 bits per heavy atom. The van der Waals surface area contributed by atoms with E-state index in [-0.39, 0.29) is 11.9 Å². The number of nitrogens with one attached hydrogen (secondary N) is 1. The fourth-order valence-corrected chi connectivity index (χ4v) is 2.40. The van der Waals surface area contributed by atoms with Gasteiger partial charge in [-0.1, -0.05) is 17.7 Å². The van der Waals surface area contributed by atoms with Crippen molar-refractivity contribution >= 4 is 17.2 Å². The molecule has 2 rings (SSSR count). The van der Waals surface area contributed by atoms with E-state index in [1.165, 1.54) is 11.3 Å². The summed E-state index contributed by atoms with van der Waals surface area (Å²) < 4.78 is 5.33. The van der Waals surface area contributed by atoms with Gasteiger partial charge in [0.15, 0.2) is 0 Å². The number of thiazole rings is 1. The minimum Gasteiger partial charge on any atom is -0.496 e. The number of aryl methyl sites for hydroxylation is 1. The number of ether oxygens (including phenoxy) is 1. The summed E-state index contributed by atoms with van der Waals surface area (Å²) in [5, 5.41) is 4.66. The third-order valence-corrected chi connectivity index (χ3v) is 3.45. The highest BCUT2D eigenvalue weighted by Crippen LogP contribution is 2.26. The lowest BCUT2D eigenvalue weighted by Crippen LogP contribution is -2.27. The van der Waals surface area contributed by atoms with E-state index in [9.17, 15) is 4.79 Å². The number of benzene rings is 1. The molecule has 4 nitrogen and oxygen atoms in total. The maximum atomic E-state index is 12.0. The topological polar surface area (TPSA) is 51.2 Å². The summed E-state index contributed by atoms with van der Waals surface area (Å²) in [5.41, 5.74) is 4.19. The minimum atomic E-state index is -0.169. The molecular weight excluding hydrogens is 260 g/mol. The molecule has 0 saturated heterocycles. The monoisotopic (exact) mass is 276 g/mol. The SMILES string of the molecule is COc1ccc(C)cc1C(C)NC(=O)c1cscn1. The van der Waals surface area contributed by atoms with Crippen molar-refractivity contribution in [2.75, 3.05) is 7.11 Å². The van der Waals surface area contributed by atoms with Crippen LogP contribution in [0.25, 0.3) is 0 Å². The first kappa shape index (κ1) is 13.5. The average molecular weight is 276 g/mol. The van der Waals surface area contributed by atoms with Gasteiger partial charge in [-0.2, -0.15) is 0 Å². The first-order valence-corrected chi connectivity index (χ1v) is 6.89. The Hall–Kier alpha value is -1.88. The molecule has 0 aliphatic heterocycles. The molecule has 0 fully saturated rings. The van der Waals surface area contributed by atoms with E-state index >= 15 is 0 Å². The third kappa shape index (κ3) is 3.12. The molecule has 0 radical (unpaired) electrons. The van der Waals surface area contributed by atoms with Crippen LogP contribution in [0, 0.1) is 6.92 Å². The summed E-state index contributed by atoms with van der Waals surface area (Å²) in [6.07, 6.45) is 0. The number of aromatic nitrogens is 1. The highest BCUT2D eigenvalue weighted by molar-refractivity contribution is 7.07. The summed E-state index contributed by atoms with van der Waals surface area (Å²) in [6.45, 7) is 3.94. The fraction of sp³-hybridized carbons (Fsp3) is 0.286. The van der Waals surface area contributed by atoms with Crippen LogP contribution in [0.5, 0.6) is 5.75 Å². The number of rotatable bonds is 4. The van der Waals surface area contributed by atoms with Gasteiger partial charge >= 0.3 is 0 Å². The highest BCUT2D eigenvalue weighted by Gasteiger charge is 2.16. The van der Waals surface area contributed by atoms with Gasteiger partial charge in [-0.3, -0.25) is 4.79 Å². The zero-order chi connectivity index (χ0) is 13.8. The molecule has 1 aromatic heterocycles. The number of hydrogen-bond donors (Lipinski definition) is 1. The van der Waals surface area contributed by atoms with Gasteiger partial charge in [-0.15, -0.1) is 11.3 Å². The molecule has 0 aliphatic carbocycles. The maximum absolute atomic E-state index is 12.0. The smallest absolute Gasteiger partial charge is 0.271 e. The first-order valence-electron chi connectivity index (χ1n) is 5.95. The van der Waals surface area contributed by atoms with Gasteiger partial charge in [0.25, 0.3) is 5.91 Å². The molecular formula is C14H16N2O2S. The lowest BCUT2D eigenvalue weighted by molar-refractivity contribution is 0.0935. The zero-order valence-corrected chi connectivity index (χ0v) is 12.0. The van der Waals surface area contributed by atoms with Crippen molar-refractivity contribution in [2.24, 2.45) is 0 Å². The molecule has 1 heterocycles. The molecule has 0 bridgehead atoms. The Labute approximate surface area is 116 Å². The molecule has 1 N–H and O–H groups in total. The molecule has 100 valence electrons. The van der Waals surface area contributed by atoms with Crippen molar-refractivity contribution in [3.05, 3.63) is 45.9 Å². The van der Waals surface area contributed by atoms with Gasteiger partial charge in [-0.25, -0.2) is 4.98 Å². The van der Waals surface area contributed by atoms with E-state index in [0.717, 1.165) is 16.9 Å². The maximum Gasteiger partial charge on any atom is 0.271 e. The average Bonchev–Trinajstić information content (AvgIpc) is 2.92. The number of methoxy groups -OCH3 is 1. The molecule has 0 saturated carbocycles. The van der Waals surface area contributed by atoms with Crippen LogP contribution in [-0.2, 0) is 0 Å². The van der Waals surface area contributed by atoms with Crippen LogP contribution in [0.3, 0.4) is 0 Å². The molecule has 1 aromatic carbocycles. The summed E-state index contributed by atoms with van der Waals surface area (Å²) in [4.78, 5) is 16.0. The van der Waals surface area contributed by atoms with Crippen LogP contribution in [0.2, 0.25) is 0 Å². The van der Waals surface area contributed by atoms with Crippen molar-refractivity contribution < 1.29 is 9.53 Å². The second-order valence-electron chi connectivity index (χ2n) is 4.31. The van der Waals surface area contributed by atoms with Crippen molar-refractivity contribution in [1.82, 2.24) is 10.3 Å². The molecule has 1 amide bonds. The lowest BCUT2D eigenvalue weighted by Gasteiger charge is -2.17. The van der Waals surface area contributed by atoms with Crippen LogP contribution >= 0.6 is 11.3 Å². The van der Waals surface area contributed by atoms with E-state index in [4.69, 9.17) is 4.74 Å². The van der Waals surface area contributed by atoms with Gasteiger partial charge in [-0.05, 0) is 19.9 Å². The Kier molecular flexibility index (Phi) is 4.16. The van der Waals surface area contributed by atoms with E-state index < -0.39 is 0 Å². The van der Waals surface area contributed by atoms with Gasteiger partial charge in [0, 0.05) is 10.9 Å². The van der Waals surface area contributed by atoms with Crippen molar-refractivity contribution in [2.45, 2.75) is 19.9 Å². The summed E-state index contributed by atoms with van der Waals surface area (Å²) in [6, 6.07) is 5.78. The molecule has 2 aromatic rings. The van der Waals surface area contributed by atoms with Crippen LogP contribution in [0.15, 0.2) is 29.1 Å². The molecule has 1 unspecified atom stereocenters. The zero-order valence-electron chi connectivity index (χ0n) is 11.1. The van der Waals surface area contributed by atoms with E-state index in [1.54, 1.807) is 18.0 Å². The minimum absolute atomic E-state index is 0.135. The largest absolute Gasteiger partial charge is 0.496 e. The normalized spacial score (nSPS) is 11.9. The quantitative estimate of drug-likeness (QED) is 0.934. The number of amides is 1. The van der Waals surface area contributed by atoms with Crippen molar-refractivity contribution in [3.63, 3.8) is 0 Å². The predicted molar refractivity (Wildman–Crippen MR) is 75.7 cm³/mol. The lowest BCUT2D eigenvalue weighted by atomic mass is 10.0. The van der Waals surface area contributed by atoms with E-state index in [2.05, 4.69) is 10.3 Å². The van der Waals surface area contributed by atoms with Gasteiger partial charge in [0.2, 0.25) is 0 Å². The second-order valence-corrected chi connectivity index (χ2v) is 5.03. The Balaban J connectivity index is 2.18. The molecule has 19 heavy (non-hydrogen) atoms. The van der Waals surface area contributed by atoms with Gasteiger partial charge < -0.3 is 10.1 Å². The summed E-state index contributed by atoms with van der Waals surface area (Å²) in [7, 11) is 1.63.